The first-order chi connectivity index (χ1) is 6.22. The molecule has 0 heterocycles. The van der Waals surface area contributed by atoms with E-state index >= 15 is 0 Å². The van der Waals surface area contributed by atoms with Crippen molar-refractivity contribution < 1.29 is 9.90 Å². The van der Waals surface area contributed by atoms with Crippen molar-refractivity contribution in [2.45, 2.75) is 46.0 Å². The molecule has 0 rings (SSSR count). The summed E-state index contributed by atoms with van der Waals surface area (Å²) in [5.41, 5.74) is 0. The molecule has 0 saturated heterocycles. The zero-order chi connectivity index (χ0) is 10.1. The standard InChI is InChI=1S/C11H18O2/c1-3-5-6-7-9-10(8-4-2)11(12)13/h10H,3,5-7,9H2,1-2H3,(H,12,13). The summed E-state index contributed by atoms with van der Waals surface area (Å²) in [5, 5.41) is 8.76. The third kappa shape index (κ3) is 6.21. The van der Waals surface area contributed by atoms with E-state index in [0.717, 1.165) is 12.8 Å². The molecule has 0 amide bonds. The van der Waals surface area contributed by atoms with Crippen LogP contribution in [0.4, 0.5) is 0 Å². The topological polar surface area (TPSA) is 37.3 Å². The van der Waals surface area contributed by atoms with E-state index in [0.29, 0.717) is 6.42 Å². The van der Waals surface area contributed by atoms with Crippen LogP contribution >= 0.6 is 0 Å². The number of unbranched alkanes of at least 4 members (excludes halogenated alkanes) is 3. The maximum absolute atomic E-state index is 10.7. The minimum atomic E-state index is -0.786. The van der Waals surface area contributed by atoms with Gasteiger partial charge in [0.05, 0.1) is 0 Å². The Morgan fingerprint density at radius 3 is 2.54 bits per heavy atom. The smallest absolute Gasteiger partial charge is 0.318 e. The van der Waals surface area contributed by atoms with Crippen molar-refractivity contribution in [3.05, 3.63) is 0 Å². The minimum absolute atomic E-state index is 0.457. The van der Waals surface area contributed by atoms with Crippen molar-refractivity contribution in [3.63, 3.8) is 0 Å². The number of carboxylic acids is 1. The van der Waals surface area contributed by atoms with E-state index in [4.69, 9.17) is 5.11 Å². The highest BCUT2D eigenvalue weighted by atomic mass is 16.4. The van der Waals surface area contributed by atoms with Gasteiger partial charge in [-0.3, -0.25) is 4.79 Å². The molecule has 0 aliphatic rings. The van der Waals surface area contributed by atoms with Crippen LogP contribution in [-0.2, 0) is 4.79 Å². The highest BCUT2D eigenvalue weighted by molar-refractivity contribution is 5.73. The van der Waals surface area contributed by atoms with Gasteiger partial charge in [-0.15, -0.1) is 5.92 Å². The zero-order valence-electron chi connectivity index (χ0n) is 8.47. The summed E-state index contributed by atoms with van der Waals surface area (Å²) in [6, 6.07) is 0. The molecule has 1 unspecified atom stereocenters. The van der Waals surface area contributed by atoms with E-state index in [9.17, 15) is 4.79 Å². The molecule has 1 atom stereocenters. The van der Waals surface area contributed by atoms with Crippen LogP contribution in [0.2, 0.25) is 0 Å². The van der Waals surface area contributed by atoms with Crippen LogP contribution in [0.5, 0.6) is 0 Å². The molecular weight excluding hydrogens is 164 g/mol. The maximum atomic E-state index is 10.7. The molecule has 0 bridgehead atoms. The lowest BCUT2D eigenvalue weighted by Crippen LogP contribution is -2.11. The average Bonchev–Trinajstić information content (AvgIpc) is 2.10. The lowest BCUT2D eigenvalue weighted by Gasteiger charge is -2.03. The maximum Gasteiger partial charge on any atom is 0.318 e. The fourth-order valence-electron chi connectivity index (χ4n) is 1.21. The van der Waals surface area contributed by atoms with E-state index in [1.165, 1.54) is 12.8 Å². The zero-order valence-corrected chi connectivity index (χ0v) is 8.47. The fourth-order valence-corrected chi connectivity index (χ4v) is 1.21. The number of carbonyl (C=O) groups is 1. The van der Waals surface area contributed by atoms with Crippen LogP contribution in [0.25, 0.3) is 0 Å². The molecule has 0 aromatic rings. The third-order valence-corrected chi connectivity index (χ3v) is 1.96. The van der Waals surface area contributed by atoms with E-state index in [-0.39, 0.29) is 0 Å². The quantitative estimate of drug-likeness (QED) is 0.506. The van der Waals surface area contributed by atoms with Crippen molar-refractivity contribution in [1.82, 2.24) is 0 Å². The van der Waals surface area contributed by atoms with Gasteiger partial charge in [0.25, 0.3) is 0 Å². The van der Waals surface area contributed by atoms with E-state index < -0.39 is 11.9 Å². The van der Waals surface area contributed by atoms with Gasteiger partial charge in [0.2, 0.25) is 0 Å². The predicted molar refractivity (Wildman–Crippen MR) is 53.3 cm³/mol. The van der Waals surface area contributed by atoms with Crippen LogP contribution < -0.4 is 0 Å². The van der Waals surface area contributed by atoms with Gasteiger partial charge in [0, 0.05) is 0 Å². The molecule has 0 aliphatic heterocycles. The summed E-state index contributed by atoms with van der Waals surface area (Å²) in [4.78, 5) is 10.7. The number of hydrogen-bond donors (Lipinski definition) is 1. The summed E-state index contributed by atoms with van der Waals surface area (Å²) < 4.78 is 0. The molecular formula is C11H18O2. The second kappa shape index (κ2) is 7.67. The minimum Gasteiger partial charge on any atom is -0.480 e. The highest BCUT2D eigenvalue weighted by Crippen LogP contribution is 2.10. The largest absolute Gasteiger partial charge is 0.480 e. The van der Waals surface area contributed by atoms with Gasteiger partial charge in [0.1, 0.15) is 5.92 Å². The fraction of sp³-hybridized carbons (Fsp3) is 0.727. The summed E-state index contributed by atoms with van der Waals surface area (Å²) in [6.07, 6.45) is 5.14. The molecule has 0 saturated carbocycles. The first-order valence-electron chi connectivity index (χ1n) is 4.87. The van der Waals surface area contributed by atoms with Crippen LogP contribution in [-0.4, -0.2) is 11.1 Å². The van der Waals surface area contributed by atoms with E-state index in [1.54, 1.807) is 6.92 Å². The van der Waals surface area contributed by atoms with Crippen LogP contribution in [0.15, 0.2) is 0 Å². The Labute approximate surface area is 80.3 Å². The highest BCUT2D eigenvalue weighted by Gasteiger charge is 2.12. The lowest BCUT2D eigenvalue weighted by atomic mass is 10.0. The average molecular weight is 182 g/mol. The van der Waals surface area contributed by atoms with E-state index in [1.807, 2.05) is 0 Å². The van der Waals surface area contributed by atoms with Gasteiger partial charge in [0.15, 0.2) is 0 Å². The van der Waals surface area contributed by atoms with Gasteiger partial charge >= 0.3 is 5.97 Å². The Balaban J connectivity index is 3.68. The molecule has 0 spiro atoms. The molecule has 0 aliphatic carbocycles. The van der Waals surface area contributed by atoms with E-state index in [2.05, 4.69) is 18.8 Å². The Morgan fingerprint density at radius 1 is 1.38 bits per heavy atom. The third-order valence-electron chi connectivity index (χ3n) is 1.96. The van der Waals surface area contributed by atoms with Gasteiger partial charge < -0.3 is 5.11 Å². The molecule has 74 valence electrons. The molecule has 0 aromatic heterocycles. The Kier molecular flexibility index (Phi) is 7.10. The monoisotopic (exact) mass is 182 g/mol. The first-order valence-corrected chi connectivity index (χ1v) is 4.87. The van der Waals surface area contributed by atoms with Crippen LogP contribution in [0.1, 0.15) is 46.0 Å². The lowest BCUT2D eigenvalue weighted by molar-refractivity contribution is -0.139. The van der Waals surface area contributed by atoms with Crippen LogP contribution in [0.3, 0.4) is 0 Å². The second-order valence-corrected chi connectivity index (χ2v) is 3.13. The number of carboxylic acid groups (broad SMARTS) is 1. The predicted octanol–water partition coefficient (Wildman–Crippen LogP) is 2.68. The molecule has 0 aromatic carbocycles. The molecule has 13 heavy (non-hydrogen) atoms. The van der Waals surface area contributed by atoms with Crippen molar-refractivity contribution in [2.24, 2.45) is 5.92 Å². The van der Waals surface area contributed by atoms with Crippen molar-refractivity contribution in [2.75, 3.05) is 0 Å². The van der Waals surface area contributed by atoms with Gasteiger partial charge in [-0.2, -0.15) is 0 Å². The van der Waals surface area contributed by atoms with Crippen LogP contribution in [0, 0.1) is 17.8 Å². The summed E-state index contributed by atoms with van der Waals surface area (Å²) in [7, 11) is 0. The van der Waals surface area contributed by atoms with Gasteiger partial charge in [-0.1, -0.05) is 38.5 Å². The second-order valence-electron chi connectivity index (χ2n) is 3.13. The first kappa shape index (κ1) is 12.0. The molecule has 1 N–H and O–H groups in total. The van der Waals surface area contributed by atoms with Crippen molar-refractivity contribution in [3.8, 4) is 11.8 Å². The summed E-state index contributed by atoms with van der Waals surface area (Å²) in [5.74, 6) is 4.13. The Hall–Kier alpha value is -0.970. The molecule has 2 heteroatoms. The molecule has 0 fully saturated rings. The molecule has 0 radical (unpaired) electrons. The number of aliphatic carboxylic acids is 1. The Morgan fingerprint density at radius 2 is 2.08 bits per heavy atom. The van der Waals surface area contributed by atoms with Gasteiger partial charge in [-0.05, 0) is 13.3 Å². The molecule has 2 nitrogen and oxygen atoms in total. The Bertz CT molecular complexity index is 198. The van der Waals surface area contributed by atoms with Gasteiger partial charge in [-0.25, -0.2) is 0 Å². The van der Waals surface area contributed by atoms with Crippen molar-refractivity contribution in [1.29, 1.82) is 0 Å². The summed E-state index contributed by atoms with van der Waals surface area (Å²) in [6.45, 7) is 3.82. The summed E-state index contributed by atoms with van der Waals surface area (Å²) >= 11 is 0. The van der Waals surface area contributed by atoms with Crippen molar-refractivity contribution >= 4 is 5.97 Å². The SMILES string of the molecule is CC#CC(CCCCCC)C(=O)O. The normalized spacial score (nSPS) is 11.5. The number of hydrogen-bond acceptors (Lipinski definition) is 1. The number of rotatable bonds is 6.